The number of aliphatic carboxylic acids is 1. The summed E-state index contributed by atoms with van der Waals surface area (Å²) in [6, 6.07) is 12.8. The number of amides is 3. The summed E-state index contributed by atoms with van der Waals surface area (Å²) in [5.74, 6) is -2.20. The van der Waals surface area contributed by atoms with Crippen molar-refractivity contribution >= 4 is 27.7 Å². The van der Waals surface area contributed by atoms with Gasteiger partial charge in [0.05, 0.1) is 4.90 Å². The van der Waals surface area contributed by atoms with Crippen LogP contribution in [0.2, 0.25) is 0 Å². The number of imide groups is 1. The van der Waals surface area contributed by atoms with Crippen molar-refractivity contribution in [3.63, 3.8) is 0 Å². The number of para-hydroxylation sites is 1. The minimum Gasteiger partial charge on any atom is -0.478 e. The van der Waals surface area contributed by atoms with E-state index in [2.05, 4.69) is 0 Å². The van der Waals surface area contributed by atoms with Gasteiger partial charge in [0.15, 0.2) is 9.84 Å². The van der Waals surface area contributed by atoms with E-state index in [1.54, 1.807) is 30.3 Å². The molecule has 0 aliphatic carbocycles. The zero-order valence-electron chi connectivity index (χ0n) is 16.6. The average molecular weight is 448 g/mol. The number of aliphatic hydroxyl groups is 1. The summed E-state index contributed by atoms with van der Waals surface area (Å²) >= 11 is 0. The lowest BCUT2D eigenvalue weighted by Gasteiger charge is -2.35. The molecule has 1 aliphatic heterocycles. The number of benzene rings is 2. The molecular weight excluding hydrogens is 428 g/mol. The Hall–Kier alpha value is -3.44. The van der Waals surface area contributed by atoms with Crippen LogP contribution in [-0.4, -0.2) is 70.9 Å². The number of nitrogens with zero attached hydrogens (tertiary/aromatic N) is 2. The third-order valence-electron chi connectivity index (χ3n) is 4.96. The van der Waals surface area contributed by atoms with Gasteiger partial charge in [-0.25, -0.2) is 22.9 Å². The molecule has 2 atom stereocenters. The largest absolute Gasteiger partial charge is 0.478 e. The summed E-state index contributed by atoms with van der Waals surface area (Å²) in [5, 5.41) is 18.4. The Bertz CT molecular complexity index is 1120. The molecule has 3 rings (SSSR count). The van der Waals surface area contributed by atoms with Gasteiger partial charge >= 0.3 is 12.0 Å². The fourth-order valence-corrected chi connectivity index (χ4v) is 4.71. The van der Waals surface area contributed by atoms with Crippen LogP contribution in [0.25, 0.3) is 0 Å². The Labute approximate surface area is 178 Å². The molecule has 0 saturated carbocycles. The van der Waals surface area contributed by atoms with Crippen molar-refractivity contribution in [2.45, 2.75) is 22.8 Å². The molecule has 1 saturated heterocycles. The zero-order valence-corrected chi connectivity index (χ0v) is 17.4. The molecule has 3 amide bonds. The molecule has 0 aromatic heterocycles. The lowest BCUT2D eigenvalue weighted by atomic mass is 10.1. The van der Waals surface area contributed by atoms with Crippen LogP contribution in [0, 0.1) is 0 Å². The summed E-state index contributed by atoms with van der Waals surface area (Å²) in [6.45, 7) is 0.448. The Balaban J connectivity index is 1.93. The number of carboxylic acids is 1. The lowest BCUT2D eigenvalue weighted by Crippen LogP contribution is -2.65. The van der Waals surface area contributed by atoms with Crippen molar-refractivity contribution in [2.24, 2.45) is 0 Å². The second-order valence-electron chi connectivity index (χ2n) is 6.97. The lowest BCUT2D eigenvalue weighted by molar-refractivity contribution is -0.179. The number of sulfone groups is 1. The van der Waals surface area contributed by atoms with E-state index in [-0.39, 0.29) is 9.80 Å². The third kappa shape index (κ3) is 3.84. The predicted octanol–water partition coefficient (Wildman–Crippen LogP) is 1.31. The Morgan fingerprint density at radius 1 is 1.06 bits per heavy atom. The fourth-order valence-electron chi connectivity index (χ4n) is 3.15. The van der Waals surface area contributed by atoms with Gasteiger partial charge in [-0.05, 0) is 43.3 Å². The molecule has 2 aromatic carbocycles. The van der Waals surface area contributed by atoms with Gasteiger partial charge in [-0.15, -0.1) is 0 Å². The average Bonchev–Trinajstić information content (AvgIpc) is 2.99. The monoisotopic (exact) mass is 448 g/mol. The molecule has 2 N–H and O–H groups in total. The summed E-state index contributed by atoms with van der Waals surface area (Å²) < 4.78 is 31.7. The van der Waals surface area contributed by atoms with Crippen LogP contribution in [0.4, 0.5) is 4.79 Å². The molecule has 0 spiro atoms. The number of urea groups is 1. The van der Waals surface area contributed by atoms with Crippen molar-refractivity contribution in [3.05, 3.63) is 54.6 Å². The molecule has 10 nitrogen and oxygen atoms in total. The van der Waals surface area contributed by atoms with E-state index in [0.29, 0.717) is 11.5 Å². The van der Waals surface area contributed by atoms with E-state index in [1.165, 1.54) is 31.3 Å². The first-order valence-corrected chi connectivity index (χ1v) is 10.6. The summed E-state index contributed by atoms with van der Waals surface area (Å²) in [4.78, 5) is 36.9. The molecule has 1 aliphatic rings. The van der Waals surface area contributed by atoms with Crippen LogP contribution < -0.4 is 4.74 Å². The molecule has 0 radical (unpaired) electrons. The van der Waals surface area contributed by atoms with Crippen LogP contribution in [0.1, 0.15) is 6.92 Å². The Morgan fingerprint density at radius 3 is 2.10 bits per heavy atom. The minimum atomic E-state index is -4.48. The van der Waals surface area contributed by atoms with E-state index < -0.39 is 45.3 Å². The summed E-state index contributed by atoms with van der Waals surface area (Å²) in [7, 11) is -3.25. The predicted molar refractivity (Wildman–Crippen MR) is 107 cm³/mol. The van der Waals surface area contributed by atoms with Crippen LogP contribution in [-0.2, 0) is 19.4 Å². The summed E-state index contributed by atoms with van der Waals surface area (Å²) in [5.41, 5.74) is -3.29. The number of carbonyl (C=O) groups is 3. The van der Waals surface area contributed by atoms with Crippen molar-refractivity contribution < 1.29 is 37.8 Å². The highest BCUT2D eigenvalue weighted by molar-refractivity contribution is 7.92. The number of likely N-dealkylation sites (N-methyl/N-ethyl adjacent to an activating group) is 1. The van der Waals surface area contributed by atoms with Gasteiger partial charge in [0.25, 0.3) is 11.6 Å². The highest BCUT2D eigenvalue weighted by atomic mass is 32.2. The van der Waals surface area contributed by atoms with Gasteiger partial charge in [0.2, 0.25) is 0 Å². The van der Waals surface area contributed by atoms with Gasteiger partial charge in [-0.1, -0.05) is 18.2 Å². The number of carbonyl (C=O) groups excluding carboxylic acids is 2. The molecule has 0 bridgehead atoms. The SMILES string of the molecule is CC(C(O)(C(=O)O)N1C(=O)CN(C)C1=O)S(=O)(=O)c1ccc(Oc2ccccc2)cc1. The maximum Gasteiger partial charge on any atom is 0.359 e. The van der Waals surface area contributed by atoms with Gasteiger partial charge in [0.1, 0.15) is 23.3 Å². The normalized spacial score (nSPS) is 17.4. The molecule has 11 heteroatoms. The van der Waals surface area contributed by atoms with E-state index >= 15 is 0 Å². The number of carboxylic acid groups (broad SMARTS) is 1. The molecule has 2 aromatic rings. The molecule has 31 heavy (non-hydrogen) atoms. The van der Waals surface area contributed by atoms with Crippen LogP contribution in [0.3, 0.4) is 0 Å². The highest BCUT2D eigenvalue weighted by Crippen LogP contribution is 2.32. The molecule has 1 fully saturated rings. The van der Waals surface area contributed by atoms with Crippen LogP contribution >= 0.6 is 0 Å². The van der Waals surface area contributed by atoms with Gasteiger partial charge in [-0.3, -0.25) is 4.79 Å². The highest BCUT2D eigenvalue weighted by Gasteiger charge is 2.60. The number of hydrogen-bond donors (Lipinski definition) is 2. The Kier molecular flexibility index (Phi) is 5.74. The van der Waals surface area contributed by atoms with Crippen LogP contribution in [0.5, 0.6) is 11.5 Å². The Morgan fingerprint density at radius 2 is 1.61 bits per heavy atom. The smallest absolute Gasteiger partial charge is 0.359 e. The van der Waals surface area contributed by atoms with Crippen molar-refractivity contribution in [1.82, 2.24) is 9.80 Å². The van der Waals surface area contributed by atoms with E-state index in [0.717, 1.165) is 11.8 Å². The van der Waals surface area contributed by atoms with E-state index in [9.17, 15) is 33.0 Å². The van der Waals surface area contributed by atoms with Crippen molar-refractivity contribution in [2.75, 3.05) is 13.6 Å². The van der Waals surface area contributed by atoms with Gasteiger partial charge < -0.3 is 19.8 Å². The molecule has 1 heterocycles. The maximum atomic E-state index is 13.1. The first kappa shape index (κ1) is 22.2. The zero-order chi connectivity index (χ0) is 23.0. The first-order chi connectivity index (χ1) is 14.5. The second-order valence-corrected chi connectivity index (χ2v) is 9.24. The topological polar surface area (TPSA) is 142 Å². The van der Waals surface area contributed by atoms with E-state index in [1.807, 2.05) is 0 Å². The summed E-state index contributed by atoms with van der Waals surface area (Å²) in [6.07, 6.45) is 0. The fraction of sp³-hybridized carbons (Fsp3) is 0.250. The molecule has 164 valence electrons. The number of hydrogen-bond acceptors (Lipinski definition) is 7. The first-order valence-electron chi connectivity index (χ1n) is 9.10. The van der Waals surface area contributed by atoms with Crippen LogP contribution in [0.15, 0.2) is 59.5 Å². The molecular formula is C20H20N2O8S. The minimum absolute atomic E-state index is 0.0738. The number of ether oxygens (including phenoxy) is 1. The van der Waals surface area contributed by atoms with Gasteiger partial charge in [0, 0.05) is 7.05 Å². The quantitative estimate of drug-likeness (QED) is 0.604. The van der Waals surface area contributed by atoms with E-state index in [4.69, 9.17) is 4.74 Å². The molecule has 2 unspecified atom stereocenters. The van der Waals surface area contributed by atoms with Crippen molar-refractivity contribution in [1.29, 1.82) is 0 Å². The number of rotatable bonds is 7. The third-order valence-corrected chi connectivity index (χ3v) is 7.15. The van der Waals surface area contributed by atoms with Crippen molar-refractivity contribution in [3.8, 4) is 11.5 Å². The maximum absolute atomic E-state index is 13.1. The standard InChI is InChI=1S/C20H20N2O8S/c1-13(20(27,18(24)25)22-17(23)12-21(2)19(22)26)31(28,29)16-10-8-15(9-11-16)30-14-6-4-3-5-7-14/h3-11,13,27H,12H2,1-2H3,(H,24,25). The van der Waals surface area contributed by atoms with Gasteiger partial charge in [-0.2, -0.15) is 0 Å². The second kappa shape index (κ2) is 8.00.